The summed E-state index contributed by atoms with van der Waals surface area (Å²) in [6.45, 7) is 1.90. The van der Waals surface area contributed by atoms with Gasteiger partial charge in [-0.2, -0.15) is 9.49 Å². The maximum atomic E-state index is 13.4. The van der Waals surface area contributed by atoms with Gasteiger partial charge in [-0.15, -0.1) is 0 Å². The van der Waals surface area contributed by atoms with Gasteiger partial charge in [0.1, 0.15) is 11.5 Å². The van der Waals surface area contributed by atoms with Crippen LogP contribution in [-0.4, -0.2) is 26.2 Å². The van der Waals surface area contributed by atoms with Crippen molar-refractivity contribution in [2.75, 3.05) is 5.32 Å². The summed E-state index contributed by atoms with van der Waals surface area (Å²) in [4.78, 5) is 20.1. The van der Waals surface area contributed by atoms with Gasteiger partial charge in [-0.1, -0.05) is 30.3 Å². The third-order valence-corrected chi connectivity index (χ3v) is 4.34. The van der Waals surface area contributed by atoms with Crippen molar-refractivity contribution < 1.29 is 9.18 Å². The van der Waals surface area contributed by atoms with Crippen molar-refractivity contribution in [3.63, 3.8) is 0 Å². The highest BCUT2D eigenvalue weighted by Crippen LogP contribution is 2.26. The molecule has 0 aliphatic heterocycles. The zero-order valence-corrected chi connectivity index (χ0v) is 15.0. The molecule has 0 aliphatic carbocycles. The zero-order chi connectivity index (χ0) is 19.5. The number of urea groups is 1. The van der Waals surface area contributed by atoms with Crippen LogP contribution in [0.5, 0.6) is 0 Å². The summed E-state index contributed by atoms with van der Waals surface area (Å²) in [7, 11) is 0. The predicted molar refractivity (Wildman–Crippen MR) is 104 cm³/mol. The minimum atomic E-state index is -0.580. The highest BCUT2D eigenvalue weighted by Gasteiger charge is 2.13. The predicted octanol–water partition coefficient (Wildman–Crippen LogP) is 4.04. The van der Waals surface area contributed by atoms with Gasteiger partial charge < -0.3 is 5.32 Å². The molecule has 0 fully saturated rings. The molecular weight excluding hydrogens is 359 g/mol. The molecule has 8 heteroatoms. The van der Waals surface area contributed by atoms with Crippen LogP contribution < -0.4 is 10.6 Å². The second kappa shape index (κ2) is 7.43. The summed E-state index contributed by atoms with van der Waals surface area (Å²) >= 11 is 0. The Morgan fingerprint density at radius 3 is 2.75 bits per heavy atom. The Balaban J connectivity index is 1.50. The Labute approximate surface area is 160 Å². The van der Waals surface area contributed by atoms with Gasteiger partial charge in [-0.25, -0.2) is 14.8 Å². The number of benzene rings is 1. The molecule has 4 rings (SSSR count). The number of carbonyl (C=O) groups excluding carboxylic acids is 1. The molecule has 7 nitrogen and oxygen atoms in total. The summed E-state index contributed by atoms with van der Waals surface area (Å²) in [5.74, 6) is -0.203. The normalized spacial score (nSPS) is 11.9. The number of carbonyl (C=O) groups is 1. The van der Waals surface area contributed by atoms with Crippen molar-refractivity contribution >= 4 is 22.8 Å². The van der Waals surface area contributed by atoms with Crippen LogP contribution in [0.25, 0.3) is 22.2 Å². The second-order valence-electron chi connectivity index (χ2n) is 6.29. The van der Waals surface area contributed by atoms with E-state index in [0.717, 1.165) is 5.56 Å². The molecule has 0 bridgehead atoms. The van der Waals surface area contributed by atoms with Crippen LogP contribution in [0, 0.1) is 5.95 Å². The summed E-state index contributed by atoms with van der Waals surface area (Å²) in [6.07, 6.45) is 2.97. The van der Waals surface area contributed by atoms with Crippen LogP contribution in [0.2, 0.25) is 0 Å². The first kappa shape index (κ1) is 17.6. The zero-order valence-electron chi connectivity index (χ0n) is 15.0. The van der Waals surface area contributed by atoms with E-state index >= 15 is 0 Å². The molecule has 28 heavy (non-hydrogen) atoms. The van der Waals surface area contributed by atoms with Gasteiger partial charge in [-0.05, 0) is 18.6 Å². The van der Waals surface area contributed by atoms with E-state index < -0.39 is 5.95 Å². The molecule has 140 valence electrons. The number of rotatable bonds is 4. The minimum Gasteiger partial charge on any atom is -0.331 e. The topological polar surface area (TPSA) is 95.6 Å². The molecule has 3 heterocycles. The lowest BCUT2D eigenvalue weighted by Gasteiger charge is -2.14. The van der Waals surface area contributed by atoms with Crippen LogP contribution in [0.3, 0.4) is 0 Å². The lowest BCUT2D eigenvalue weighted by molar-refractivity contribution is 0.249. The van der Waals surface area contributed by atoms with Crippen molar-refractivity contribution in [2.24, 2.45) is 0 Å². The molecule has 1 atom stereocenters. The van der Waals surface area contributed by atoms with Crippen LogP contribution >= 0.6 is 0 Å². The second-order valence-corrected chi connectivity index (χ2v) is 6.29. The van der Waals surface area contributed by atoms with Gasteiger partial charge >= 0.3 is 6.03 Å². The van der Waals surface area contributed by atoms with E-state index in [9.17, 15) is 9.18 Å². The van der Waals surface area contributed by atoms with E-state index in [0.29, 0.717) is 28.0 Å². The average Bonchev–Trinajstić information content (AvgIpc) is 3.12. The summed E-state index contributed by atoms with van der Waals surface area (Å²) < 4.78 is 13.4. The van der Waals surface area contributed by atoms with Crippen LogP contribution in [0.1, 0.15) is 18.5 Å². The fourth-order valence-electron chi connectivity index (χ4n) is 2.93. The Kier molecular flexibility index (Phi) is 4.67. The number of nitrogens with zero attached hydrogens (tertiary/aromatic N) is 3. The number of fused-ring (bicyclic) bond motifs is 1. The maximum absolute atomic E-state index is 13.4. The fraction of sp³-hybridized carbons (Fsp3) is 0.100. The van der Waals surface area contributed by atoms with Gasteiger partial charge in [-0.3, -0.25) is 10.4 Å². The summed E-state index contributed by atoms with van der Waals surface area (Å²) in [6, 6.07) is 13.8. The molecule has 0 aliphatic rings. The highest BCUT2D eigenvalue weighted by atomic mass is 19.1. The van der Waals surface area contributed by atoms with Crippen molar-refractivity contribution in [3.8, 4) is 11.3 Å². The summed E-state index contributed by atoms with van der Waals surface area (Å²) in [5, 5.41) is 13.4. The monoisotopic (exact) mass is 376 g/mol. The van der Waals surface area contributed by atoms with Crippen molar-refractivity contribution in [1.29, 1.82) is 0 Å². The largest absolute Gasteiger partial charge is 0.331 e. The molecule has 1 unspecified atom stereocenters. The standard InChI is InChI=1S/C20H17FN6O/c1-12(13-5-3-2-4-6-13)24-20(28)25-18-10-16-15(11-23-18)19(27-26-16)14-7-8-22-17(21)9-14/h2-12H,1H3,(H,26,27)(H2,23,24,25,28). The van der Waals surface area contributed by atoms with E-state index in [2.05, 4.69) is 30.8 Å². The number of hydrogen-bond acceptors (Lipinski definition) is 4. The molecule has 2 amide bonds. The molecule has 1 aromatic carbocycles. The number of aromatic nitrogens is 4. The lowest BCUT2D eigenvalue weighted by atomic mass is 10.1. The molecule has 0 saturated carbocycles. The maximum Gasteiger partial charge on any atom is 0.320 e. The van der Waals surface area contributed by atoms with Crippen LogP contribution in [0.4, 0.5) is 15.0 Å². The van der Waals surface area contributed by atoms with E-state index in [-0.39, 0.29) is 12.1 Å². The van der Waals surface area contributed by atoms with Crippen LogP contribution in [0.15, 0.2) is 60.9 Å². The Morgan fingerprint density at radius 2 is 1.96 bits per heavy atom. The Hall–Kier alpha value is -3.81. The fourth-order valence-corrected chi connectivity index (χ4v) is 2.93. The van der Waals surface area contributed by atoms with Gasteiger partial charge in [0.05, 0.1) is 11.6 Å². The van der Waals surface area contributed by atoms with Crippen molar-refractivity contribution in [1.82, 2.24) is 25.5 Å². The molecular formula is C20H17FN6O. The SMILES string of the molecule is CC(NC(=O)Nc1cc2[nH]nc(-c3ccnc(F)c3)c2cn1)c1ccccc1. The molecule has 0 radical (unpaired) electrons. The number of aromatic amines is 1. The molecule has 0 saturated heterocycles. The minimum absolute atomic E-state index is 0.148. The van der Waals surface area contributed by atoms with Gasteiger partial charge in [0.25, 0.3) is 0 Å². The average molecular weight is 376 g/mol. The molecule has 0 spiro atoms. The third-order valence-electron chi connectivity index (χ3n) is 4.34. The van der Waals surface area contributed by atoms with Crippen molar-refractivity contribution in [3.05, 3.63) is 72.4 Å². The van der Waals surface area contributed by atoms with Gasteiger partial charge in [0.2, 0.25) is 5.95 Å². The van der Waals surface area contributed by atoms with Crippen molar-refractivity contribution in [2.45, 2.75) is 13.0 Å². The van der Waals surface area contributed by atoms with E-state index in [1.807, 2.05) is 37.3 Å². The number of halogens is 1. The number of hydrogen-bond donors (Lipinski definition) is 3. The van der Waals surface area contributed by atoms with E-state index in [4.69, 9.17) is 0 Å². The first-order chi connectivity index (χ1) is 13.6. The van der Waals surface area contributed by atoms with E-state index in [1.165, 1.54) is 12.3 Å². The number of amides is 2. The number of nitrogens with one attached hydrogen (secondary N) is 3. The van der Waals surface area contributed by atoms with Gasteiger partial charge in [0, 0.05) is 35.5 Å². The molecule has 3 N–H and O–H groups in total. The smallest absolute Gasteiger partial charge is 0.320 e. The first-order valence-electron chi connectivity index (χ1n) is 8.68. The summed E-state index contributed by atoms with van der Waals surface area (Å²) in [5.41, 5.74) is 2.84. The van der Waals surface area contributed by atoms with Gasteiger partial charge in [0.15, 0.2) is 0 Å². The first-order valence-corrected chi connectivity index (χ1v) is 8.68. The quantitative estimate of drug-likeness (QED) is 0.468. The Bertz CT molecular complexity index is 1130. The van der Waals surface area contributed by atoms with E-state index in [1.54, 1.807) is 18.3 Å². The number of H-pyrrole nitrogens is 1. The third kappa shape index (κ3) is 3.66. The number of anilines is 1. The highest BCUT2D eigenvalue weighted by molar-refractivity contribution is 5.95. The molecule has 3 aromatic heterocycles. The van der Waals surface area contributed by atoms with Crippen LogP contribution in [-0.2, 0) is 0 Å². The number of pyridine rings is 2. The lowest BCUT2D eigenvalue weighted by Crippen LogP contribution is -2.31. The Morgan fingerprint density at radius 1 is 1.14 bits per heavy atom. The molecule has 4 aromatic rings.